The molecule has 3 aliphatic rings. The van der Waals surface area contributed by atoms with Crippen molar-refractivity contribution in [2.24, 2.45) is 5.10 Å². The highest BCUT2D eigenvalue weighted by atomic mass is 35.5. The number of rotatable bonds is 4. The number of hydrogen-bond acceptors (Lipinski definition) is 4. The summed E-state index contributed by atoms with van der Waals surface area (Å²) >= 11 is 6.11. The van der Waals surface area contributed by atoms with Crippen molar-refractivity contribution < 1.29 is 14.4 Å². The van der Waals surface area contributed by atoms with Crippen molar-refractivity contribution in [3.63, 3.8) is 0 Å². The van der Waals surface area contributed by atoms with Crippen LogP contribution in [-0.4, -0.2) is 43.2 Å². The van der Waals surface area contributed by atoms with Crippen molar-refractivity contribution in [3.8, 4) is 11.5 Å². The molecule has 1 N–H and O–H groups in total. The maximum atomic E-state index is 6.79. The van der Waals surface area contributed by atoms with Gasteiger partial charge in [0.1, 0.15) is 0 Å². The first-order valence-corrected chi connectivity index (χ1v) is 11.3. The molecule has 0 saturated carbocycles. The number of piperidine rings is 1. The zero-order valence-corrected chi connectivity index (χ0v) is 18.4. The molecule has 0 aliphatic carbocycles. The second-order valence-corrected chi connectivity index (χ2v) is 8.98. The van der Waals surface area contributed by atoms with E-state index in [9.17, 15) is 0 Å². The van der Waals surface area contributed by atoms with Crippen LogP contribution in [0.5, 0.6) is 11.5 Å². The summed E-state index contributed by atoms with van der Waals surface area (Å²) in [5.41, 5.74) is 2.98. The van der Waals surface area contributed by atoms with Gasteiger partial charge in [0.2, 0.25) is 5.72 Å². The fourth-order valence-corrected chi connectivity index (χ4v) is 5.30. The van der Waals surface area contributed by atoms with Crippen LogP contribution < -0.4 is 14.4 Å². The Bertz CT molecular complexity index is 951. The molecule has 1 spiro atoms. The van der Waals surface area contributed by atoms with Gasteiger partial charge < -0.3 is 14.4 Å². The van der Waals surface area contributed by atoms with Gasteiger partial charge in [-0.2, -0.15) is 5.10 Å². The summed E-state index contributed by atoms with van der Waals surface area (Å²) < 4.78 is 12.5. The molecule has 0 bridgehead atoms. The van der Waals surface area contributed by atoms with E-state index in [1.165, 1.54) is 13.0 Å². The Morgan fingerprint density at radius 3 is 2.67 bits per heavy atom. The third kappa shape index (κ3) is 3.25. The van der Waals surface area contributed by atoms with Gasteiger partial charge in [-0.05, 0) is 30.2 Å². The van der Waals surface area contributed by atoms with E-state index >= 15 is 0 Å². The second-order valence-electron chi connectivity index (χ2n) is 8.54. The highest BCUT2D eigenvalue weighted by molar-refractivity contribution is 6.30. The lowest BCUT2D eigenvalue weighted by molar-refractivity contribution is -0.908. The first kappa shape index (κ1) is 19.7. The minimum atomic E-state index is -0.405. The lowest BCUT2D eigenvalue weighted by Gasteiger charge is -2.50. The Morgan fingerprint density at radius 2 is 1.97 bits per heavy atom. The van der Waals surface area contributed by atoms with Crippen LogP contribution in [0.15, 0.2) is 47.6 Å². The number of quaternary nitrogens is 1. The van der Waals surface area contributed by atoms with Crippen molar-refractivity contribution in [2.45, 2.75) is 44.4 Å². The summed E-state index contributed by atoms with van der Waals surface area (Å²) in [6.07, 6.45) is 4.00. The third-order valence-electron chi connectivity index (χ3n) is 6.73. The Morgan fingerprint density at radius 1 is 1.20 bits per heavy atom. The number of ether oxygens (including phenoxy) is 2. The smallest absolute Gasteiger partial charge is 0.209 e. The fraction of sp³-hybridized carbons (Fsp3) is 0.458. The van der Waals surface area contributed by atoms with Crippen molar-refractivity contribution in [2.75, 3.05) is 26.7 Å². The van der Waals surface area contributed by atoms with Gasteiger partial charge in [-0.3, -0.25) is 0 Å². The van der Waals surface area contributed by atoms with Crippen LogP contribution in [0.3, 0.4) is 0 Å². The summed E-state index contributed by atoms with van der Waals surface area (Å²) in [7, 11) is 1.72. The summed E-state index contributed by atoms with van der Waals surface area (Å²) in [5, 5.41) is 8.16. The SMILES string of the molecule is CCC[NH+]1CCC2(CC1)Oc1c(OC)cccc1[C@@H]1CC(c3ccc(Cl)cc3)=NN12. The third-order valence-corrected chi connectivity index (χ3v) is 6.98. The standard InChI is InChI=1S/C24H28ClN3O2/c1-3-13-27-14-11-24(12-15-27)28-21(19-5-4-6-22(29-2)23(19)30-24)16-20(26-28)17-7-9-18(25)10-8-17/h4-10,21H,3,11-16H2,1-2H3/p+1/t21-/m0/s1. The molecule has 5 rings (SSSR count). The number of hydrazone groups is 1. The van der Waals surface area contributed by atoms with Gasteiger partial charge in [0.25, 0.3) is 0 Å². The predicted octanol–water partition coefficient (Wildman–Crippen LogP) is 3.68. The van der Waals surface area contributed by atoms with Gasteiger partial charge >= 0.3 is 0 Å². The first-order chi connectivity index (χ1) is 14.6. The van der Waals surface area contributed by atoms with E-state index in [1.807, 2.05) is 24.3 Å². The van der Waals surface area contributed by atoms with Gasteiger partial charge in [-0.1, -0.05) is 42.8 Å². The minimum Gasteiger partial charge on any atom is -0.493 e. The van der Waals surface area contributed by atoms with E-state index < -0.39 is 5.72 Å². The largest absolute Gasteiger partial charge is 0.493 e. The van der Waals surface area contributed by atoms with Gasteiger partial charge in [-0.25, -0.2) is 5.01 Å². The molecule has 0 unspecified atom stereocenters. The first-order valence-electron chi connectivity index (χ1n) is 11.0. The molecule has 0 radical (unpaired) electrons. The number of likely N-dealkylation sites (tertiary alicyclic amines) is 1. The molecule has 6 heteroatoms. The molecule has 2 aromatic carbocycles. The summed E-state index contributed by atoms with van der Waals surface area (Å²) in [5.74, 6) is 1.71. The van der Waals surface area contributed by atoms with Crippen molar-refractivity contribution in [1.29, 1.82) is 0 Å². The van der Waals surface area contributed by atoms with Gasteiger partial charge in [0, 0.05) is 17.0 Å². The Balaban J connectivity index is 1.54. The number of hydrogen-bond donors (Lipinski definition) is 1. The van der Waals surface area contributed by atoms with Crippen LogP contribution in [0.1, 0.15) is 49.8 Å². The highest BCUT2D eigenvalue weighted by Gasteiger charge is 2.53. The Labute approximate surface area is 183 Å². The molecule has 5 nitrogen and oxygen atoms in total. The molecule has 1 atom stereocenters. The van der Waals surface area contributed by atoms with E-state index in [-0.39, 0.29) is 6.04 Å². The van der Waals surface area contributed by atoms with Crippen LogP contribution in [0.4, 0.5) is 0 Å². The number of fused-ring (bicyclic) bond motifs is 4. The number of methoxy groups -OCH3 is 1. The molecule has 0 amide bonds. The molecule has 158 valence electrons. The Kier molecular flexibility index (Phi) is 5.11. The monoisotopic (exact) mass is 426 g/mol. The molecule has 1 fully saturated rings. The van der Waals surface area contributed by atoms with Gasteiger partial charge in [-0.15, -0.1) is 0 Å². The summed E-state index contributed by atoms with van der Waals surface area (Å²) in [4.78, 5) is 1.66. The maximum Gasteiger partial charge on any atom is 0.209 e. The van der Waals surface area contributed by atoms with Crippen molar-refractivity contribution in [3.05, 3.63) is 58.6 Å². The number of nitrogens with one attached hydrogen (secondary N) is 1. The van der Waals surface area contributed by atoms with Gasteiger partial charge in [0.05, 0.1) is 51.3 Å². The minimum absolute atomic E-state index is 0.169. The molecular weight excluding hydrogens is 398 g/mol. The van der Waals surface area contributed by atoms with Crippen LogP contribution in [0.25, 0.3) is 0 Å². The van der Waals surface area contributed by atoms with Crippen LogP contribution in [0, 0.1) is 0 Å². The second kappa shape index (κ2) is 7.78. The summed E-state index contributed by atoms with van der Waals surface area (Å²) in [6.45, 7) is 5.69. The lowest BCUT2D eigenvalue weighted by Crippen LogP contribution is -3.14. The number of halogens is 1. The van der Waals surface area contributed by atoms with E-state index in [0.717, 1.165) is 65.7 Å². The Hall–Kier alpha value is -2.24. The molecule has 30 heavy (non-hydrogen) atoms. The number of benzene rings is 2. The average Bonchev–Trinajstić information content (AvgIpc) is 3.23. The predicted molar refractivity (Wildman–Crippen MR) is 119 cm³/mol. The normalized spacial score (nSPS) is 27.3. The quantitative estimate of drug-likeness (QED) is 0.810. The highest BCUT2D eigenvalue weighted by Crippen LogP contribution is 2.52. The molecule has 1 saturated heterocycles. The molecule has 2 aromatic rings. The van der Waals surface area contributed by atoms with Gasteiger partial charge in [0.15, 0.2) is 11.5 Å². The van der Waals surface area contributed by atoms with E-state index in [4.69, 9.17) is 26.2 Å². The van der Waals surface area contributed by atoms with Crippen LogP contribution in [0.2, 0.25) is 5.02 Å². The number of nitrogens with zero attached hydrogens (tertiary/aromatic N) is 2. The topological polar surface area (TPSA) is 38.5 Å². The van der Waals surface area contributed by atoms with Crippen LogP contribution >= 0.6 is 11.6 Å². The summed E-state index contributed by atoms with van der Waals surface area (Å²) in [6, 6.07) is 14.4. The fourth-order valence-electron chi connectivity index (χ4n) is 5.18. The average molecular weight is 427 g/mol. The number of para-hydroxylation sites is 1. The molecule has 3 heterocycles. The van der Waals surface area contributed by atoms with E-state index in [0.29, 0.717) is 0 Å². The molecular formula is C24H29ClN3O2+. The zero-order chi connectivity index (χ0) is 20.7. The lowest BCUT2D eigenvalue weighted by atomic mass is 9.90. The van der Waals surface area contributed by atoms with Crippen molar-refractivity contribution in [1.82, 2.24) is 5.01 Å². The van der Waals surface area contributed by atoms with E-state index in [2.05, 4.69) is 30.1 Å². The van der Waals surface area contributed by atoms with Crippen LogP contribution in [-0.2, 0) is 0 Å². The molecule has 3 aliphatic heterocycles. The maximum absolute atomic E-state index is 6.79. The van der Waals surface area contributed by atoms with Crippen molar-refractivity contribution >= 4 is 17.3 Å². The molecule has 0 aromatic heterocycles. The zero-order valence-electron chi connectivity index (χ0n) is 17.7. The van der Waals surface area contributed by atoms with E-state index in [1.54, 1.807) is 12.0 Å².